The number of nitrogens with zero attached hydrogens (tertiary/aromatic N) is 1. The normalized spacial score (nSPS) is 12.6. The summed E-state index contributed by atoms with van der Waals surface area (Å²) in [5.74, 6) is 0. The fraction of sp³-hybridized carbons (Fsp3) is 0.357. The van der Waals surface area contributed by atoms with Crippen LogP contribution in [0.3, 0.4) is 0 Å². The maximum atomic E-state index is 5.18. The van der Waals surface area contributed by atoms with Crippen molar-refractivity contribution in [2.24, 2.45) is 0 Å². The van der Waals surface area contributed by atoms with Crippen LogP contribution >= 0.6 is 0 Å². The van der Waals surface area contributed by atoms with Crippen LogP contribution in [0.15, 0.2) is 41.3 Å². The average Bonchev–Trinajstić information content (AvgIpc) is 2.85. The molecular weight excluding hydrogens is 212 g/mol. The quantitative estimate of drug-likeness (QED) is 0.857. The summed E-state index contributed by atoms with van der Waals surface area (Å²) in [7, 11) is 0. The minimum atomic E-state index is 0.169. The third kappa shape index (κ3) is 2.74. The van der Waals surface area contributed by atoms with E-state index in [2.05, 4.69) is 23.3 Å². The van der Waals surface area contributed by atoms with Crippen LogP contribution in [0.1, 0.15) is 36.2 Å². The summed E-state index contributed by atoms with van der Waals surface area (Å²) in [5, 5.41) is 3.53. The van der Waals surface area contributed by atoms with Gasteiger partial charge in [-0.1, -0.05) is 13.0 Å². The van der Waals surface area contributed by atoms with Gasteiger partial charge in [-0.05, 0) is 37.6 Å². The highest BCUT2D eigenvalue weighted by molar-refractivity contribution is 5.31. The van der Waals surface area contributed by atoms with Crippen LogP contribution in [0, 0.1) is 6.92 Å². The van der Waals surface area contributed by atoms with Crippen LogP contribution < -0.4 is 5.32 Å². The number of hydrogen-bond acceptors (Lipinski definition) is 3. The zero-order chi connectivity index (χ0) is 12.1. The van der Waals surface area contributed by atoms with Crippen molar-refractivity contribution in [1.29, 1.82) is 0 Å². The first-order chi connectivity index (χ1) is 8.33. The van der Waals surface area contributed by atoms with Gasteiger partial charge in [0, 0.05) is 17.5 Å². The van der Waals surface area contributed by atoms with Crippen LogP contribution in [0.2, 0.25) is 0 Å². The smallest absolute Gasteiger partial charge is 0.0953 e. The maximum absolute atomic E-state index is 5.18. The Morgan fingerprint density at radius 3 is 2.94 bits per heavy atom. The number of rotatable bonds is 5. The van der Waals surface area contributed by atoms with Gasteiger partial charge in [-0.15, -0.1) is 0 Å². The molecule has 0 saturated heterocycles. The molecule has 0 aliphatic heterocycles. The van der Waals surface area contributed by atoms with Gasteiger partial charge in [-0.3, -0.25) is 4.98 Å². The van der Waals surface area contributed by atoms with Gasteiger partial charge in [0.1, 0.15) is 0 Å². The second-order valence-electron chi connectivity index (χ2n) is 4.12. The molecule has 1 unspecified atom stereocenters. The van der Waals surface area contributed by atoms with Crippen molar-refractivity contribution < 1.29 is 4.42 Å². The third-order valence-electron chi connectivity index (χ3n) is 2.83. The summed E-state index contributed by atoms with van der Waals surface area (Å²) in [5.41, 5.74) is 3.42. The van der Waals surface area contributed by atoms with Gasteiger partial charge in [0.2, 0.25) is 0 Å². The molecule has 3 nitrogen and oxygen atoms in total. The summed E-state index contributed by atoms with van der Waals surface area (Å²) in [6.07, 6.45) is 6.43. The third-order valence-corrected chi connectivity index (χ3v) is 2.83. The fourth-order valence-electron chi connectivity index (χ4n) is 1.94. The van der Waals surface area contributed by atoms with E-state index in [0.29, 0.717) is 0 Å². The van der Waals surface area contributed by atoms with Crippen molar-refractivity contribution in [3.8, 4) is 0 Å². The van der Waals surface area contributed by atoms with E-state index in [0.717, 1.165) is 24.2 Å². The Balaban J connectivity index is 2.30. The molecule has 0 spiro atoms. The SMILES string of the molecule is CCCNC(c1ccoc1)c1cccnc1C. The lowest BCUT2D eigenvalue weighted by Gasteiger charge is -2.18. The van der Waals surface area contributed by atoms with Crippen LogP contribution in [0.5, 0.6) is 0 Å². The summed E-state index contributed by atoms with van der Waals surface area (Å²) >= 11 is 0. The lowest BCUT2D eigenvalue weighted by molar-refractivity contribution is 0.547. The molecule has 0 radical (unpaired) electrons. The second-order valence-corrected chi connectivity index (χ2v) is 4.12. The predicted octanol–water partition coefficient (Wildman–Crippen LogP) is 3.07. The van der Waals surface area contributed by atoms with Gasteiger partial charge < -0.3 is 9.73 Å². The highest BCUT2D eigenvalue weighted by Gasteiger charge is 2.16. The minimum absolute atomic E-state index is 0.169. The number of hydrogen-bond donors (Lipinski definition) is 1. The van der Waals surface area contributed by atoms with Crippen LogP contribution in [-0.4, -0.2) is 11.5 Å². The standard InChI is InChI=1S/C14H18N2O/c1-3-7-16-14(12-6-9-17-10-12)13-5-4-8-15-11(13)2/h4-6,8-10,14,16H,3,7H2,1-2H3. The Bertz CT molecular complexity index is 451. The van der Waals surface area contributed by atoms with E-state index in [-0.39, 0.29) is 6.04 Å². The molecule has 0 aromatic carbocycles. The Labute approximate surface area is 102 Å². The molecule has 2 aromatic rings. The monoisotopic (exact) mass is 230 g/mol. The summed E-state index contributed by atoms with van der Waals surface area (Å²) in [6.45, 7) is 5.18. The van der Waals surface area contributed by atoms with Crippen molar-refractivity contribution in [3.63, 3.8) is 0 Å². The number of pyridine rings is 1. The molecule has 0 bridgehead atoms. The molecule has 2 heterocycles. The molecule has 0 aliphatic rings. The van der Waals surface area contributed by atoms with Crippen molar-refractivity contribution in [1.82, 2.24) is 10.3 Å². The molecule has 0 aliphatic carbocycles. The largest absolute Gasteiger partial charge is 0.472 e. The summed E-state index contributed by atoms with van der Waals surface area (Å²) < 4.78 is 5.18. The van der Waals surface area contributed by atoms with Gasteiger partial charge in [0.25, 0.3) is 0 Å². The van der Waals surface area contributed by atoms with E-state index in [1.165, 1.54) is 5.56 Å². The van der Waals surface area contributed by atoms with Crippen LogP contribution in [0.25, 0.3) is 0 Å². The van der Waals surface area contributed by atoms with E-state index in [1.807, 2.05) is 25.3 Å². The Morgan fingerprint density at radius 2 is 2.29 bits per heavy atom. The highest BCUT2D eigenvalue weighted by atomic mass is 16.3. The van der Waals surface area contributed by atoms with E-state index in [4.69, 9.17) is 4.42 Å². The first-order valence-electron chi connectivity index (χ1n) is 6.00. The predicted molar refractivity (Wildman–Crippen MR) is 67.8 cm³/mol. The van der Waals surface area contributed by atoms with Gasteiger partial charge >= 0.3 is 0 Å². The molecule has 17 heavy (non-hydrogen) atoms. The van der Waals surface area contributed by atoms with Crippen molar-refractivity contribution in [2.45, 2.75) is 26.3 Å². The zero-order valence-corrected chi connectivity index (χ0v) is 10.3. The maximum Gasteiger partial charge on any atom is 0.0953 e. The highest BCUT2D eigenvalue weighted by Crippen LogP contribution is 2.24. The number of furan rings is 1. The molecule has 0 saturated carbocycles. The van der Waals surface area contributed by atoms with Crippen molar-refractivity contribution in [3.05, 3.63) is 53.7 Å². The molecular formula is C14H18N2O. The first kappa shape index (κ1) is 11.9. The lowest BCUT2D eigenvalue weighted by atomic mass is 10.00. The molecule has 2 rings (SSSR count). The zero-order valence-electron chi connectivity index (χ0n) is 10.3. The van der Waals surface area contributed by atoms with Crippen LogP contribution in [0.4, 0.5) is 0 Å². The second kappa shape index (κ2) is 5.64. The van der Waals surface area contributed by atoms with E-state index >= 15 is 0 Å². The topological polar surface area (TPSA) is 38.1 Å². The van der Waals surface area contributed by atoms with E-state index in [9.17, 15) is 0 Å². The van der Waals surface area contributed by atoms with E-state index < -0.39 is 0 Å². The van der Waals surface area contributed by atoms with Gasteiger partial charge in [-0.2, -0.15) is 0 Å². The fourth-order valence-corrected chi connectivity index (χ4v) is 1.94. The van der Waals surface area contributed by atoms with Gasteiger partial charge in [0.05, 0.1) is 18.6 Å². The lowest BCUT2D eigenvalue weighted by Crippen LogP contribution is -2.23. The van der Waals surface area contributed by atoms with Crippen molar-refractivity contribution >= 4 is 0 Å². The minimum Gasteiger partial charge on any atom is -0.472 e. The molecule has 3 heteroatoms. The Kier molecular flexibility index (Phi) is 3.94. The van der Waals surface area contributed by atoms with Gasteiger partial charge in [-0.25, -0.2) is 0 Å². The Morgan fingerprint density at radius 1 is 1.41 bits per heavy atom. The number of aryl methyl sites for hydroxylation is 1. The first-order valence-corrected chi connectivity index (χ1v) is 6.00. The Hall–Kier alpha value is -1.61. The number of aromatic nitrogens is 1. The van der Waals surface area contributed by atoms with Crippen LogP contribution in [-0.2, 0) is 0 Å². The number of nitrogens with one attached hydrogen (secondary N) is 1. The molecule has 1 N–H and O–H groups in total. The molecule has 0 amide bonds. The summed E-state index contributed by atoms with van der Waals surface area (Å²) in [6, 6.07) is 6.26. The van der Waals surface area contributed by atoms with Gasteiger partial charge in [0.15, 0.2) is 0 Å². The molecule has 0 fully saturated rings. The molecule has 90 valence electrons. The molecule has 2 aromatic heterocycles. The van der Waals surface area contributed by atoms with Crippen molar-refractivity contribution in [2.75, 3.05) is 6.54 Å². The molecule has 1 atom stereocenters. The van der Waals surface area contributed by atoms with E-state index in [1.54, 1.807) is 12.5 Å². The average molecular weight is 230 g/mol. The summed E-state index contributed by atoms with van der Waals surface area (Å²) in [4.78, 5) is 4.35.